The Hall–Kier alpha value is -0.940. The van der Waals surface area contributed by atoms with Crippen LogP contribution in [0.5, 0.6) is 0 Å². The number of aliphatic hydroxyl groups is 1. The molecule has 1 rings (SSSR count). The van der Waals surface area contributed by atoms with E-state index in [1.807, 2.05) is 0 Å². The summed E-state index contributed by atoms with van der Waals surface area (Å²) in [5.74, 6) is 0. The Kier molecular flexibility index (Phi) is 3.69. The number of aromatic nitrogens is 3. The molecule has 0 aromatic carbocycles. The summed E-state index contributed by atoms with van der Waals surface area (Å²) >= 11 is 0. The van der Waals surface area contributed by atoms with Crippen molar-refractivity contribution in [3.63, 3.8) is 0 Å². The van der Waals surface area contributed by atoms with Gasteiger partial charge in [-0.05, 0) is 12.8 Å². The Morgan fingerprint density at radius 1 is 1.50 bits per heavy atom. The second-order valence-corrected chi connectivity index (χ2v) is 2.72. The van der Waals surface area contributed by atoms with Crippen LogP contribution in [-0.4, -0.2) is 32.5 Å². The maximum Gasteiger partial charge on any atom is 0.137 e. The Bertz CT molecular complexity index is 199. The van der Waals surface area contributed by atoms with Crippen LogP contribution >= 0.6 is 0 Å². The number of aryl methyl sites for hydroxylation is 1. The van der Waals surface area contributed by atoms with Crippen molar-refractivity contribution in [2.75, 3.05) is 6.61 Å². The van der Waals surface area contributed by atoms with Gasteiger partial charge in [-0.25, -0.2) is 4.98 Å². The van der Waals surface area contributed by atoms with Crippen molar-refractivity contribution >= 4 is 0 Å². The van der Waals surface area contributed by atoms with Gasteiger partial charge in [0.15, 0.2) is 0 Å². The quantitative estimate of drug-likeness (QED) is 0.617. The molecular formula is C7H14N4O. The van der Waals surface area contributed by atoms with Gasteiger partial charge in [0.05, 0.1) is 0 Å². The molecule has 1 atom stereocenters. The minimum Gasteiger partial charge on any atom is -0.396 e. The van der Waals surface area contributed by atoms with Crippen LogP contribution in [-0.2, 0) is 6.54 Å². The average molecular weight is 170 g/mol. The highest BCUT2D eigenvalue weighted by molar-refractivity contribution is 4.62. The standard InChI is InChI=1S/C7H14N4O/c8-7(2-4-12)1-3-11-6-9-5-10-11/h5-7,12H,1-4,8H2. The molecule has 0 radical (unpaired) electrons. The van der Waals surface area contributed by atoms with E-state index in [1.54, 1.807) is 11.0 Å². The van der Waals surface area contributed by atoms with Gasteiger partial charge in [-0.2, -0.15) is 5.10 Å². The molecule has 0 spiro atoms. The largest absolute Gasteiger partial charge is 0.396 e. The number of nitrogens with zero attached hydrogens (tertiary/aromatic N) is 3. The Balaban J connectivity index is 2.17. The third kappa shape index (κ3) is 2.98. The maximum atomic E-state index is 8.58. The summed E-state index contributed by atoms with van der Waals surface area (Å²) in [5.41, 5.74) is 5.68. The lowest BCUT2D eigenvalue weighted by Gasteiger charge is -2.08. The lowest BCUT2D eigenvalue weighted by atomic mass is 10.1. The number of aliphatic hydroxyl groups excluding tert-OH is 1. The first-order valence-electron chi connectivity index (χ1n) is 4.02. The zero-order chi connectivity index (χ0) is 8.81. The van der Waals surface area contributed by atoms with Crippen LogP contribution in [0, 0.1) is 0 Å². The number of hydrogen-bond donors (Lipinski definition) is 2. The molecule has 1 unspecified atom stereocenters. The van der Waals surface area contributed by atoms with Crippen molar-refractivity contribution in [2.24, 2.45) is 5.73 Å². The van der Waals surface area contributed by atoms with E-state index in [1.165, 1.54) is 6.33 Å². The van der Waals surface area contributed by atoms with Crippen LogP contribution < -0.4 is 5.73 Å². The fourth-order valence-corrected chi connectivity index (χ4v) is 0.956. The molecule has 1 aromatic heterocycles. The van der Waals surface area contributed by atoms with Gasteiger partial charge >= 0.3 is 0 Å². The summed E-state index contributed by atoms with van der Waals surface area (Å²) in [6, 6.07) is 0.0548. The van der Waals surface area contributed by atoms with E-state index in [4.69, 9.17) is 10.8 Å². The highest BCUT2D eigenvalue weighted by Gasteiger charge is 2.01. The third-order valence-electron chi connectivity index (χ3n) is 1.70. The molecule has 0 bridgehead atoms. The molecular weight excluding hydrogens is 156 g/mol. The molecule has 0 amide bonds. The topological polar surface area (TPSA) is 77.0 Å². The first-order valence-corrected chi connectivity index (χ1v) is 4.02. The van der Waals surface area contributed by atoms with Crippen molar-refractivity contribution in [3.05, 3.63) is 12.7 Å². The fourth-order valence-electron chi connectivity index (χ4n) is 0.956. The van der Waals surface area contributed by atoms with Crippen LogP contribution in [0.4, 0.5) is 0 Å². The fraction of sp³-hybridized carbons (Fsp3) is 0.714. The summed E-state index contributed by atoms with van der Waals surface area (Å²) in [7, 11) is 0. The van der Waals surface area contributed by atoms with E-state index in [9.17, 15) is 0 Å². The maximum absolute atomic E-state index is 8.58. The summed E-state index contributed by atoms with van der Waals surface area (Å²) in [4.78, 5) is 3.81. The smallest absolute Gasteiger partial charge is 0.137 e. The van der Waals surface area contributed by atoms with Gasteiger partial charge in [-0.3, -0.25) is 4.68 Å². The average Bonchev–Trinajstić information content (AvgIpc) is 2.53. The first kappa shape index (κ1) is 9.15. The molecule has 0 aliphatic heterocycles. The van der Waals surface area contributed by atoms with Gasteiger partial charge in [-0.15, -0.1) is 0 Å². The molecule has 0 saturated heterocycles. The zero-order valence-corrected chi connectivity index (χ0v) is 6.93. The molecule has 0 aliphatic rings. The van der Waals surface area contributed by atoms with Crippen molar-refractivity contribution in [3.8, 4) is 0 Å². The number of nitrogens with two attached hydrogens (primary N) is 1. The summed E-state index contributed by atoms with van der Waals surface area (Å²) in [6.07, 6.45) is 4.63. The molecule has 12 heavy (non-hydrogen) atoms. The van der Waals surface area contributed by atoms with Crippen LogP contribution in [0.3, 0.4) is 0 Å². The molecule has 68 valence electrons. The van der Waals surface area contributed by atoms with Crippen molar-refractivity contribution < 1.29 is 5.11 Å². The van der Waals surface area contributed by atoms with E-state index in [2.05, 4.69) is 10.1 Å². The second kappa shape index (κ2) is 4.84. The minimum atomic E-state index is 0.0548. The van der Waals surface area contributed by atoms with Crippen LogP contribution in [0.2, 0.25) is 0 Å². The first-order chi connectivity index (χ1) is 5.83. The molecule has 5 heteroatoms. The van der Waals surface area contributed by atoms with Gasteiger partial charge in [0.1, 0.15) is 12.7 Å². The van der Waals surface area contributed by atoms with Gasteiger partial charge in [0.25, 0.3) is 0 Å². The van der Waals surface area contributed by atoms with Crippen LogP contribution in [0.1, 0.15) is 12.8 Å². The molecule has 1 aromatic rings. The van der Waals surface area contributed by atoms with E-state index < -0.39 is 0 Å². The van der Waals surface area contributed by atoms with Crippen molar-refractivity contribution in [2.45, 2.75) is 25.4 Å². The zero-order valence-electron chi connectivity index (χ0n) is 6.93. The number of rotatable bonds is 5. The molecule has 0 aliphatic carbocycles. The predicted molar refractivity (Wildman–Crippen MR) is 44.3 cm³/mol. The normalized spacial score (nSPS) is 13.2. The van der Waals surface area contributed by atoms with Gasteiger partial charge in [0, 0.05) is 19.2 Å². The monoisotopic (exact) mass is 170 g/mol. The summed E-state index contributed by atoms with van der Waals surface area (Å²) in [5, 5.41) is 12.5. The van der Waals surface area contributed by atoms with E-state index >= 15 is 0 Å². The highest BCUT2D eigenvalue weighted by atomic mass is 16.3. The van der Waals surface area contributed by atoms with Gasteiger partial charge < -0.3 is 10.8 Å². The summed E-state index contributed by atoms with van der Waals surface area (Å²) < 4.78 is 1.73. The third-order valence-corrected chi connectivity index (χ3v) is 1.70. The Morgan fingerprint density at radius 3 is 2.92 bits per heavy atom. The van der Waals surface area contributed by atoms with E-state index in [0.717, 1.165) is 13.0 Å². The molecule has 0 fully saturated rings. The summed E-state index contributed by atoms with van der Waals surface area (Å²) in [6.45, 7) is 0.916. The number of hydrogen-bond acceptors (Lipinski definition) is 4. The van der Waals surface area contributed by atoms with Crippen molar-refractivity contribution in [1.29, 1.82) is 0 Å². The van der Waals surface area contributed by atoms with E-state index in [-0.39, 0.29) is 12.6 Å². The van der Waals surface area contributed by atoms with Gasteiger partial charge in [0.2, 0.25) is 0 Å². The van der Waals surface area contributed by atoms with Crippen molar-refractivity contribution in [1.82, 2.24) is 14.8 Å². The Labute approximate surface area is 71.2 Å². The lowest BCUT2D eigenvalue weighted by Crippen LogP contribution is -2.23. The predicted octanol–water partition coefficient (Wildman–Crippen LogP) is -0.622. The molecule has 0 saturated carbocycles. The second-order valence-electron chi connectivity index (χ2n) is 2.72. The molecule has 5 nitrogen and oxygen atoms in total. The van der Waals surface area contributed by atoms with Crippen LogP contribution in [0.25, 0.3) is 0 Å². The highest BCUT2D eigenvalue weighted by Crippen LogP contribution is 1.95. The molecule has 1 heterocycles. The SMILES string of the molecule is NC(CCO)CCn1cncn1. The van der Waals surface area contributed by atoms with E-state index in [0.29, 0.717) is 6.42 Å². The Morgan fingerprint density at radius 2 is 2.33 bits per heavy atom. The lowest BCUT2D eigenvalue weighted by molar-refractivity contribution is 0.270. The molecule has 3 N–H and O–H groups in total. The van der Waals surface area contributed by atoms with Crippen LogP contribution in [0.15, 0.2) is 12.7 Å². The minimum absolute atomic E-state index is 0.0548. The van der Waals surface area contributed by atoms with Gasteiger partial charge in [-0.1, -0.05) is 0 Å².